The lowest BCUT2D eigenvalue weighted by Gasteiger charge is -2.01. The predicted molar refractivity (Wildman–Crippen MR) is 85.3 cm³/mol. The Bertz CT molecular complexity index is 812. The Morgan fingerprint density at radius 3 is 2.74 bits per heavy atom. The minimum Gasteiger partial charge on any atom is -0.276 e. The summed E-state index contributed by atoms with van der Waals surface area (Å²) in [5.41, 5.74) is 4.57. The highest BCUT2D eigenvalue weighted by Gasteiger charge is 2.02. The van der Waals surface area contributed by atoms with Gasteiger partial charge in [-0.15, -0.1) is 0 Å². The Hall–Kier alpha value is -3.02. The van der Waals surface area contributed by atoms with E-state index in [0.717, 1.165) is 17.2 Å². The van der Waals surface area contributed by atoms with Crippen LogP contribution in [0.15, 0.2) is 66.0 Å². The maximum absolute atomic E-state index is 13.4. The van der Waals surface area contributed by atoms with Crippen molar-refractivity contribution in [3.8, 4) is 0 Å². The predicted octanol–water partition coefficient (Wildman–Crippen LogP) is 3.66. The van der Waals surface area contributed by atoms with Gasteiger partial charge in [0, 0.05) is 17.8 Å². The summed E-state index contributed by atoms with van der Waals surface area (Å²) in [6.07, 6.45) is 5.02. The molecule has 0 bridgehead atoms. The highest BCUT2D eigenvalue weighted by Crippen LogP contribution is 2.14. The zero-order chi connectivity index (χ0) is 16.1. The number of hydrazone groups is 1. The van der Waals surface area contributed by atoms with Crippen molar-refractivity contribution in [1.82, 2.24) is 9.78 Å². The number of halogens is 2. The normalized spacial score (nSPS) is 11.0. The van der Waals surface area contributed by atoms with Gasteiger partial charge in [0.1, 0.15) is 5.82 Å². The molecule has 116 valence electrons. The smallest absolute Gasteiger partial charge is 0.151 e. The zero-order valence-electron chi connectivity index (χ0n) is 12.2. The molecule has 0 fully saturated rings. The summed E-state index contributed by atoms with van der Waals surface area (Å²) < 4.78 is 28.0. The second-order valence-electron chi connectivity index (χ2n) is 4.95. The van der Waals surface area contributed by atoms with Crippen LogP contribution < -0.4 is 5.43 Å². The van der Waals surface area contributed by atoms with Crippen molar-refractivity contribution in [2.24, 2.45) is 5.10 Å². The monoisotopic (exact) mass is 312 g/mol. The van der Waals surface area contributed by atoms with Crippen LogP contribution in [0.3, 0.4) is 0 Å². The molecule has 0 atom stereocenters. The molecule has 0 saturated heterocycles. The molecule has 2 aromatic carbocycles. The first-order valence-electron chi connectivity index (χ1n) is 7.01. The lowest BCUT2D eigenvalue weighted by Crippen LogP contribution is -1.99. The van der Waals surface area contributed by atoms with Crippen molar-refractivity contribution < 1.29 is 8.78 Å². The van der Waals surface area contributed by atoms with Gasteiger partial charge >= 0.3 is 0 Å². The lowest BCUT2D eigenvalue weighted by molar-refractivity contribution is 0.585. The van der Waals surface area contributed by atoms with E-state index in [1.54, 1.807) is 10.9 Å². The Morgan fingerprint density at radius 2 is 1.96 bits per heavy atom. The molecule has 23 heavy (non-hydrogen) atoms. The number of aromatic nitrogens is 2. The van der Waals surface area contributed by atoms with Crippen molar-refractivity contribution in [2.75, 3.05) is 5.43 Å². The molecule has 0 amide bonds. The molecule has 6 heteroatoms. The molecule has 0 aliphatic heterocycles. The fourth-order valence-electron chi connectivity index (χ4n) is 2.06. The van der Waals surface area contributed by atoms with Gasteiger partial charge in [0.05, 0.1) is 24.6 Å². The van der Waals surface area contributed by atoms with Crippen LogP contribution in [0, 0.1) is 11.6 Å². The molecule has 3 rings (SSSR count). The number of nitrogens with zero attached hydrogens (tertiary/aromatic N) is 3. The van der Waals surface area contributed by atoms with E-state index in [-0.39, 0.29) is 5.69 Å². The van der Waals surface area contributed by atoms with E-state index in [1.807, 2.05) is 36.5 Å². The Balaban J connectivity index is 1.62. The molecule has 0 spiro atoms. The van der Waals surface area contributed by atoms with Crippen LogP contribution in [0.5, 0.6) is 0 Å². The van der Waals surface area contributed by atoms with Crippen LogP contribution in [-0.2, 0) is 6.54 Å². The third-order valence-electron chi connectivity index (χ3n) is 3.17. The summed E-state index contributed by atoms with van der Waals surface area (Å²) in [5, 5.41) is 8.17. The summed E-state index contributed by atoms with van der Waals surface area (Å²) >= 11 is 0. The minimum atomic E-state index is -0.693. The minimum absolute atomic E-state index is 0.110. The maximum Gasteiger partial charge on any atom is 0.151 e. The number of benzene rings is 2. The fraction of sp³-hybridized carbons (Fsp3) is 0.0588. The van der Waals surface area contributed by atoms with E-state index in [9.17, 15) is 8.78 Å². The Morgan fingerprint density at radius 1 is 1.13 bits per heavy atom. The standard InChI is InChI=1S/C17H14F2N4/c18-15-6-7-17(16(19)8-15)22-20-9-14-10-21-23(12-14)11-13-4-2-1-3-5-13/h1-10,12,22H,11H2/b20-9-. The van der Waals surface area contributed by atoms with Crippen molar-refractivity contribution in [3.05, 3.63) is 83.7 Å². The molecular weight excluding hydrogens is 298 g/mol. The average Bonchev–Trinajstić information content (AvgIpc) is 2.98. The van der Waals surface area contributed by atoms with E-state index in [1.165, 1.54) is 18.3 Å². The molecule has 3 aromatic rings. The van der Waals surface area contributed by atoms with E-state index in [2.05, 4.69) is 15.6 Å². The van der Waals surface area contributed by atoms with E-state index >= 15 is 0 Å². The molecule has 1 aromatic heterocycles. The van der Waals surface area contributed by atoms with Crippen LogP contribution in [0.4, 0.5) is 14.5 Å². The van der Waals surface area contributed by atoms with Crippen LogP contribution in [0.2, 0.25) is 0 Å². The Labute approximate surface area is 132 Å². The van der Waals surface area contributed by atoms with Crippen molar-refractivity contribution in [3.63, 3.8) is 0 Å². The van der Waals surface area contributed by atoms with Crippen molar-refractivity contribution in [2.45, 2.75) is 6.54 Å². The molecular formula is C17H14F2N4. The third kappa shape index (κ3) is 4.00. The molecule has 1 N–H and O–H groups in total. The van der Waals surface area contributed by atoms with Gasteiger partial charge in [0.25, 0.3) is 0 Å². The second-order valence-corrected chi connectivity index (χ2v) is 4.95. The summed E-state index contributed by atoms with van der Waals surface area (Å²) in [5.74, 6) is -1.32. The largest absolute Gasteiger partial charge is 0.276 e. The lowest BCUT2D eigenvalue weighted by atomic mass is 10.2. The number of hydrogen-bond donors (Lipinski definition) is 1. The quantitative estimate of drug-likeness (QED) is 0.577. The SMILES string of the molecule is Fc1ccc(N/N=C\c2cnn(Cc3ccccc3)c2)c(F)c1. The van der Waals surface area contributed by atoms with E-state index < -0.39 is 11.6 Å². The van der Waals surface area contributed by atoms with Gasteiger partial charge in [0.2, 0.25) is 0 Å². The van der Waals surface area contributed by atoms with Gasteiger partial charge in [-0.1, -0.05) is 30.3 Å². The van der Waals surface area contributed by atoms with Gasteiger partial charge in [-0.25, -0.2) is 8.78 Å². The first-order chi connectivity index (χ1) is 11.2. The van der Waals surface area contributed by atoms with Crippen LogP contribution in [0.25, 0.3) is 0 Å². The third-order valence-corrected chi connectivity index (χ3v) is 3.17. The highest BCUT2D eigenvalue weighted by atomic mass is 19.1. The van der Waals surface area contributed by atoms with Crippen LogP contribution in [0.1, 0.15) is 11.1 Å². The fourth-order valence-corrected chi connectivity index (χ4v) is 2.06. The van der Waals surface area contributed by atoms with Crippen LogP contribution in [-0.4, -0.2) is 16.0 Å². The molecule has 0 radical (unpaired) electrons. The second kappa shape index (κ2) is 6.83. The number of hydrogen-bond acceptors (Lipinski definition) is 3. The first kappa shape index (κ1) is 14.9. The Kier molecular flexibility index (Phi) is 4.42. The summed E-state index contributed by atoms with van der Waals surface area (Å²) in [7, 11) is 0. The van der Waals surface area contributed by atoms with Gasteiger partial charge in [0.15, 0.2) is 5.82 Å². The van der Waals surface area contributed by atoms with Gasteiger partial charge in [-0.2, -0.15) is 10.2 Å². The highest BCUT2D eigenvalue weighted by molar-refractivity contribution is 5.79. The molecule has 0 unspecified atom stereocenters. The zero-order valence-corrected chi connectivity index (χ0v) is 12.2. The van der Waals surface area contributed by atoms with Crippen LogP contribution >= 0.6 is 0 Å². The van der Waals surface area contributed by atoms with Crippen molar-refractivity contribution >= 4 is 11.9 Å². The van der Waals surface area contributed by atoms with Crippen molar-refractivity contribution in [1.29, 1.82) is 0 Å². The number of anilines is 1. The summed E-state index contributed by atoms with van der Waals surface area (Å²) in [4.78, 5) is 0. The number of rotatable bonds is 5. The van der Waals surface area contributed by atoms with Gasteiger partial charge in [-0.3, -0.25) is 10.1 Å². The topological polar surface area (TPSA) is 42.2 Å². The first-order valence-corrected chi connectivity index (χ1v) is 7.01. The average molecular weight is 312 g/mol. The molecule has 0 aliphatic carbocycles. The van der Waals surface area contributed by atoms with Gasteiger partial charge in [-0.05, 0) is 17.7 Å². The summed E-state index contributed by atoms with van der Waals surface area (Å²) in [6, 6.07) is 13.2. The summed E-state index contributed by atoms with van der Waals surface area (Å²) in [6.45, 7) is 0.661. The molecule has 0 saturated carbocycles. The molecule has 1 heterocycles. The maximum atomic E-state index is 13.4. The molecule has 0 aliphatic rings. The van der Waals surface area contributed by atoms with Gasteiger partial charge < -0.3 is 0 Å². The van der Waals surface area contributed by atoms with E-state index in [0.29, 0.717) is 6.54 Å². The number of nitrogens with one attached hydrogen (secondary N) is 1. The van der Waals surface area contributed by atoms with E-state index in [4.69, 9.17) is 0 Å². The molecule has 4 nitrogen and oxygen atoms in total.